The minimum atomic E-state index is 0.723. The van der Waals surface area contributed by atoms with Crippen molar-refractivity contribution in [2.24, 2.45) is 0 Å². The number of hydrogen-bond acceptors (Lipinski definition) is 2. The van der Waals surface area contributed by atoms with E-state index in [1.165, 1.54) is 43.2 Å². The summed E-state index contributed by atoms with van der Waals surface area (Å²) in [4.78, 5) is 0. The second-order valence-electron chi connectivity index (χ2n) is 5.41. The van der Waals surface area contributed by atoms with E-state index < -0.39 is 0 Å². The van der Waals surface area contributed by atoms with Gasteiger partial charge in [-0.15, -0.1) is 0 Å². The molecule has 0 radical (unpaired) electrons. The van der Waals surface area contributed by atoms with Crippen LogP contribution in [0.2, 0.25) is 0 Å². The Labute approximate surface area is 111 Å². The van der Waals surface area contributed by atoms with Crippen molar-refractivity contribution >= 4 is 0 Å². The third-order valence-corrected chi connectivity index (χ3v) is 3.74. The van der Waals surface area contributed by atoms with E-state index in [1.807, 2.05) is 0 Å². The van der Waals surface area contributed by atoms with Crippen molar-refractivity contribution in [1.82, 2.24) is 5.32 Å². The molecule has 1 aromatic rings. The average Bonchev–Trinajstić information content (AvgIpc) is 2.40. The van der Waals surface area contributed by atoms with Gasteiger partial charge in [0.1, 0.15) is 12.4 Å². The van der Waals surface area contributed by atoms with Gasteiger partial charge in [-0.1, -0.05) is 31.4 Å². The maximum Gasteiger partial charge on any atom is 0.122 e. The van der Waals surface area contributed by atoms with Crippen LogP contribution in [0.15, 0.2) is 18.2 Å². The lowest BCUT2D eigenvalue weighted by Gasteiger charge is -2.22. The Balaban J connectivity index is 1.69. The van der Waals surface area contributed by atoms with Crippen LogP contribution in [0.3, 0.4) is 0 Å². The summed E-state index contributed by atoms with van der Waals surface area (Å²) in [6, 6.07) is 7.10. The van der Waals surface area contributed by atoms with E-state index in [0.717, 1.165) is 24.9 Å². The molecule has 0 spiro atoms. The molecular formula is C16H25NO. The highest BCUT2D eigenvalue weighted by Crippen LogP contribution is 2.19. The third kappa shape index (κ3) is 4.02. The van der Waals surface area contributed by atoms with E-state index in [-0.39, 0.29) is 0 Å². The van der Waals surface area contributed by atoms with Gasteiger partial charge in [-0.2, -0.15) is 0 Å². The Kier molecular flexibility index (Phi) is 5.06. The fourth-order valence-electron chi connectivity index (χ4n) is 2.59. The number of rotatable bonds is 5. The Hall–Kier alpha value is -1.02. The quantitative estimate of drug-likeness (QED) is 0.803. The van der Waals surface area contributed by atoms with Crippen LogP contribution in [0.25, 0.3) is 0 Å². The lowest BCUT2D eigenvalue weighted by molar-refractivity contribution is 0.288. The normalized spacial score (nSPS) is 16.8. The maximum absolute atomic E-state index is 5.85. The van der Waals surface area contributed by atoms with Crippen molar-refractivity contribution in [3.63, 3.8) is 0 Å². The Morgan fingerprint density at radius 2 is 1.94 bits per heavy atom. The van der Waals surface area contributed by atoms with Gasteiger partial charge in [-0.05, 0) is 43.9 Å². The first kappa shape index (κ1) is 13.4. The molecule has 1 aliphatic rings. The van der Waals surface area contributed by atoms with Crippen molar-refractivity contribution < 1.29 is 4.74 Å². The first-order valence-corrected chi connectivity index (χ1v) is 7.19. The first-order chi connectivity index (χ1) is 8.75. The highest BCUT2D eigenvalue weighted by molar-refractivity contribution is 5.35. The molecule has 1 fully saturated rings. The summed E-state index contributed by atoms with van der Waals surface area (Å²) in [7, 11) is 0. The molecule has 1 N–H and O–H groups in total. The molecular weight excluding hydrogens is 222 g/mol. The van der Waals surface area contributed by atoms with Crippen LogP contribution in [0.1, 0.15) is 43.2 Å². The average molecular weight is 247 g/mol. The number of benzene rings is 1. The van der Waals surface area contributed by atoms with Gasteiger partial charge in [-0.25, -0.2) is 0 Å². The second-order valence-corrected chi connectivity index (χ2v) is 5.41. The fraction of sp³-hybridized carbons (Fsp3) is 0.625. The fourth-order valence-corrected chi connectivity index (χ4v) is 2.59. The lowest BCUT2D eigenvalue weighted by atomic mass is 9.96. The highest BCUT2D eigenvalue weighted by Gasteiger charge is 2.11. The van der Waals surface area contributed by atoms with Crippen LogP contribution < -0.4 is 10.1 Å². The van der Waals surface area contributed by atoms with Crippen molar-refractivity contribution in [3.8, 4) is 5.75 Å². The van der Waals surface area contributed by atoms with Crippen LogP contribution in [0, 0.1) is 13.8 Å². The van der Waals surface area contributed by atoms with Crippen LogP contribution >= 0.6 is 0 Å². The Bertz CT molecular complexity index is 369. The standard InChI is InChI=1S/C16H25NO/c1-13-8-9-14(2)16(12-13)18-11-10-17-15-6-4-3-5-7-15/h8-9,12,15,17H,3-7,10-11H2,1-2H3. The molecule has 0 aromatic heterocycles. The largest absolute Gasteiger partial charge is 0.492 e. The summed E-state index contributed by atoms with van der Waals surface area (Å²) in [5, 5.41) is 3.60. The van der Waals surface area contributed by atoms with Crippen molar-refractivity contribution in [3.05, 3.63) is 29.3 Å². The van der Waals surface area contributed by atoms with Gasteiger partial charge in [-0.3, -0.25) is 0 Å². The van der Waals surface area contributed by atoms with Gasteiger partial charge < -0.3 is 10.1 Å². The Morgan fingerprint density at radius 1 is 1.17 bits per heavy atom. The molecule has 0 atom stereocenters. The van der Waals surface area contributed by atoms with Crippen LogP contribution in [-0.4, -0.2) is 19.2 Å². The smallest absolute Gasteiger partial charge is 0.122 e. The molecule has 100 valence electrons. The monoisotopic (exact) mass is 247 g/mol. The van der Waals surface area contributed by atoms with Crippen LogP contribution in [0.5, 0.6) is 5.75 Å². The molecule has 2 heteroatoms. The van der Waals surface area contributed by atoms with Crippen molar-refractivity contribution in [1.29, 1.82) is 0 Å². The van der Waals surface area contributed by atoms with Gasteiger partial charge in [0.15, 0.2) is 0 Å². The molecule has 2 nitrogen and oxygen atoms in total. The number of aryl methyl sites for hydroxylation is 2. The molecule has 0 amide bonds. The minimum absolute atomic E-state index is 0.723. The topological polar surface area (TPSA) is 21.3 Å². The molecule has 0 saturated heterocycles. The SMILES string of the molecule is Cc1ccc(C)c(OCCNC2CCCCC2)c1. The molecule has 0 bridgehead atoms. The maximum atomic E-state index is 5.85. The summed E-state index contributed by atoms with van der Waals surface area (Å²) in [5.41, 5.74) is 2.48. The van der Waals surface area contributed by atoms with E-state index in [4.69, 9.17) is 4.74 Å². The van der Waals surface area contributed by atoms with Gasteiger partial charge >= 0.3 is 0 Å². The van der Waals surface area contributed by atoms with Gasteiger partial charge in [0.25, 0.3) is 0 Å². The molecule has 1 aromatic carbocycles. The zero-order chi connectivity index (χ0) is 12.8. The molecule has 0 aliphatic heterocycles. The molecule has 0 unspecified atom stereocenters. The summed E-state index contributed by atoms with van der Waals surface area (Å²) in [6.07, 6.45) is 6.86. The predicted octanol–water partition coefficient (Wildman–Crippen LogP) is 3.60. The summed E-state index contributed by atoms with van der Waals surface area (Å²) >= 11 is 0. The third-order valence-electron chi connectivity index (χ3n) is 3.74. The van der Waals surface area contributed by atoms with E-state index in [9.17, 15) is 0 Å². The first-order valence-electron chi connectivity index (χ1n) is 7.19. The van der Waals surface area contributed by atoms with E-state index in [0.29, 0.717) is 0 Å². The number of nitrogens with one attached hydrogen (secondary N) is 1. The zero-order valence-corrected chi connectivity index (χ0v) is 11.7. The molecule has 2 rings (SSSR count). The molecule has 1 aliphatic carbocycles. The van der Waals surface area contributed by atoms with Crippen molar-refractivity contribution in [2.45, 2.75) is 52.0 Å². The second kappa shape index (κ2) is 6.79. The van der Waals surface area contributed by atoms with Gasteiger partial charge in [0.05, 0.1) is 0 Å². The van der Waals surface area contributed by atoms with E-state index in [1.54, 1.807) is 0 Å². The lowest BCUT2D eigenvalue weighted by Crippen LogP contribution is -2.34. The Morgan fingerprint density at radius 3 is 2.72 bits per heavy atom. The van der Waals surface area contributed by atoms with Crippen LogP contribution in [0.4, 0.5) is 0 Å². The highest BCUT2D eigenvalue weighted by atomic mass is 16.5. The predicted molar refractivity (Wildman–Crippen MR) is 76.3 cm³/mol. The van der Waals surface area contributed by atoms with Crippen molar-refractivity contribution in [2.75, 3.05) is 13.2 Å². The molecule has 0 heterocycles. The number of ether oxygens (including phenoxy) is 1. The number of hydrogen-bond donors (Lipinski definition) is 1. The summed E-state index contributed by atoms with van der Waals surface area (Å²) in [6.45, 7) is 5.93. The van der Waals surface area contributed by atoms with Crippen LogP contribution in [-0.2, 0) is 0 Å². The van der Waals surface area contributed by atoms with Gasteiger partial charge in [0.2, 0.25) is 0 Å². The minimum Gasteiger partial charge on any atom is -0.492 e. The van der Waals surface area contributed by atoms with E-state index >= 15 is 0 Å². The zero-order valence-electron chi connectivity index (χ0n) is 11.7. The molecule has 18 heavy (non-hydrogen) atoms. The van der Waals surface area contributed by atoms with E-state index in [2.05, 4.69) is 37.4 Å². The summed E-state index contributed by atoms with van der Waals surface area (Å²) < 4.78 is 5.85. The van der Waals surface area contributed by atoms with Gasteiger partial charge in [0, 0.05) is 12.6 Å². The summed E-state index contributed by atoms with van der Waals surface area (Å²) in [5.74, 6) is 1.03. The molecule has 1 saturated carbocycles.